The molecule has 1 spiro atoms. The summed E-state index contributed by atoms with van der Waals surface area (Å²) in [4.78, 5) is 26.7. The first kappa shape index (κ1) is 13.1. The Bertz CT molecular complexity index is 366. The van der Waals surface area contributed by atoms with Gasteiger partial charge in [0, 0.05) is 25.0 Å². The van der Waals surface area contributed by atoms with Crippen molar-refractivity contribution in [2.75, 3.05) is 26.2 Å². The maximum Gasteiger partial charge on any atom is 0.246 e. The lowest BCUT2D eigenvalue weighted by atomic mass is 9.62. The van der Waals surface area contributed by atoms with Crippen molar-refractivity contribution in [2.24, 2.45) is 5.41 Å². The number of aliphatic hydroxyl groups is 1. The Morgan fingerprint density at radius 1 is 1.50 bits per heavy atom. The molecule has 0 bridgehead atoms. The fraction of sp³-hybridized carbons (Fsp3) is 0.692. The van der Waals surface area contributed by atoms with Gasteiger partial charge >= 0.3 is 0 Å². The summed E-state index contributed by atoms with van der Waals surface area (Å²) in [6.45, 7) is 7.35. The molecule has 0 aromatic carbocycles. The van der Waals surface area contributed by atoms with Gasteiger partial charge in [-0.15, -0.1) is 0 Å². The molecule has 1 saturated heterocycles. The number of aliphatic hydroxyl groups excluding tert-OH is 1. The fourth-order valence-electron chi connectivity index (χ4n) is 2.88. The molecule has 2 rings (SSSR count). The predicted octanol–water partition coefficient (Wildman–Crippen LogP) is 0.00420. The number of hydrogen-bond donors (Lipinski definition) is 1. The highest BCUT2D eigenvalue weighted by Crippen LogP contribution is 2.48. The van der Waals surface area contributed by atoms with Crippen LogP contribution in [-0.2, 0) is 9.59 Å². The lowest BCUT2D eigenvalue weighted by molar-refractivity contribution is -0.164. The summed E-state index contributed by atoms with van der Waals surface area (Å²) in [5, 5.41) is 9.29. The van der Waals surface area contributed by atoms with E-state index >= 15 is 0 Å². The lowest BCUT2D eigenvalue weighted by Crippen LogP contribution is -2.66. The zero-order valence-electron chi connectivity index (χ0n) is 10.8. The first-order valence-electron chi connectivity index (χ1n) is 6.37. The van der Waals surface area contributed by atoms with Crippen molar-refractivity contribution in [1.82, 2.24) is 9.80 Å². The van der Waals surface area contributed by atoms with Gasteiger partial charge in [0.1, 0.15) is 0 Å². The highest BCUT2D eigenvalue weighted by atomic mass is 16.3. The molecule has 0 aromatic heterocycles. The molecule has 18 heavy (non-hydrogen) atoms. The van der Waals surface area contributed by atoms with Gasteiger partial charge in [-0.2, -0.15) is 0 Å². The Kier molecular flexibility index (Phi) is 3.43. The van der Waals surface area contributed by atoms with Crippen molar-refractivity contribution < 1.29 is 14.7 Å². The zero-order valence-corrected chi connectivity index (χ0v) is 10.8. The molecule has 0 radical (unpaired) electrons. The molecule has 2 fully saturated rings. The Hall–Kier alpha value is -1.36. The van der Waals surface area contributed by atoms with Crippen molar-refractivity contribution >= 4 is 11.8 Å². The Balaban J connectivity index is 1.79. The largest absolute Gasteiger partial charge is 0.393 e. The van der Waals surface area contributed by atoms with Gasteiger partial charge < -0.3 is 14.9 Å². The van der Waals surface area contributed by atoms with Gasteiger partial charge in [-0.3, -0.25) is 9.59 Å². The molecule has 100 valence electrons. The Morgan fingerprint density at radius 2 is 2.11 bits per heavy atom. The van der Waals surface area contributed by atoms with E-state index in [2.05, 4.69) is 6.58 Å². The molecule has 0 atom stereocenters. The Morgan fingerprint density at radius 3 is 2.56 bits per heavy atom. The molecule has 5 nitrogen and oxygen atoms in total. The normalized spacial score (nSPS) is 21.1. The highest BCUT2D eigenvalue weighted by molar-refractivity contribution is 5.91. The number of likely N-dealkylation sites (tertiary alicyclic amines) is 1. The summed E-state index contributed by atoms with van der Waals surface area (Å²) >= 11 is 0. The summed E-state index contributed by atoms with van der Waals surface area (Å²) in [6.07, 6.45) is 2.66. The number of amides is 2. The maximum absolute atomic E-state index is 12.0. The van der Waals surface area contributed by atoms with E-state index in [1.165, 1.54) is 11.0 Å². The molecule has 2 aliphatic rings. The van der Waals surface area contributed by atoms with Crippen LogP contribution in [0.4, 0.5) is 0 Å². The van der Waals surface area contributed by atoms with E-state index in [0.29, 0.717) is 6.54 Å². The van der Waals surface area contributed by atoms with E-state index in [4.69, 9.17) is 0 Å². The van der Waals surface area contributed by atoms with Crippen LogP contribution < -0.4 is 0 Å². The second kappa shape index (κ2) is 4.72. The van der Waals surface area contributed by atoms with Crippen LogP contribution in [0, 0.1) is 5.41 Å². The van der Waals surface area contributed by atoms with Gasteiger partial charge in [0.15, 0.2) is 0 Å². The minimum atomic E-state index is -0.208. The topological polar surface area (TPSA) is 60.9 Å². The second-order valence-corrected chi connectivity index (χ2v) is 5.37. The van der Waals surface area contributed by atoms with Crippen LogP contribution in [-0.4, -0.2) is 59.0 Å². The average molecular weight is 252 g/mol. The molecule has 1 aliphatic carbocycles. The molecular formula is C13H20N2O3. The minimum absolute atomic E-state index is 0.0148. The molecule has 0 aromatic rings. The summed E-state index contributed by atoms with van der Waals surface area (Å²) in [6, 6.07) is 0. The smallest absolute Gasteiger partial charge is 0.246 e. The van der Waals surface area contributed by atoms with Crippen LogP contribution in [0.3, 0.4) is 0 Å². The quantitative estimate of drug-likeness (QED) is 0.717. The fourth-order valence-corrected chi connectivity index (χ4v) is 2.88. The third kappa shape index (κ3) is 2.27. The predicted molar refractivity (Wildman–Crippen MR) is 66.7 cm³/mol. The summed E-state index contributed by atoms with van der Waals surface area (Å²) in [5.74, 6) is -0.223. The van der Waals surface area contributed by atoms with E-state index in [1.54, 1.807) is 4.90 Å². The standard InChI is InChI=1S/C13H20N2O3/c1-3-11(17)14(4-2)7-12(18)15-8-13(9-15)5-10(16)6-13/h3,10,16H,1,4-9H2,2H3. The van der Waals surface area contributed by atoms with Crippen LogP contribution in [0.25, 0.3) is 0 Å². The van der Waals surface area contributed by atoms with Crippen molar-refractivity contribution in [3.05, 3.63) is 12.7 Å². The van der Waals surface area contributed by atoms with Gasteiger partial charge in [-0.05, 0) is 25.8 Å². The number of likely N-dealkylation sites (N-methyl/N-ethyl adjacent to an activating group) is 1. The van der Waals surface area contributed by atoms with Gasteiger partial charge in [0.2, 0.25) is 11.8 Å². The molecule has 1 heterocycles. The van der Waals surface area contributed by atoms with Crippen LogP contribution >= 0.6 is 0 Å². The van der Waals surface area contributed by atoms with Crippen molar-refractivity contribution in [1.29, 1.82) is 0 Å². The zero-order chi connectivity index (χ0) is 13.3. The minimum Gasteiger partial charge on any atom is -0.393 e. The number of rotatable bonds is 4. The Labute approximate surface area is 107 Å². The monoisotopic (exact) mass is 252 g/mol. The van der Waals surface area contributed by atoms with Gasteiger partial charge in [0.05, 0.1) is 12.6 Å². The average Bonchev–Trinajstić information content (AvgIpc) is 2.27. The molecule has 2 amide bonds. The van der Waals surface area contributed by atoms with Crippen molar-refractivity contribution in [3.63, 3.8) is 0 Å². The third-order valence-electron chi connectivity index (χ3n) is 3.94. The van der Waals surface area contributed by atoms with Crippen LogP contribution in [0.1, 0.15) is 19.8 Å². The number of carbonyl (C=O) groups is 2. The SMILES string of the molecule is C=CC(=O)N(CC)CC(=O)N1CC2(CC(O)C2)C1. The summed E-state index contributed by atoms with van der Waals surface area (Å²) in [7, 11) is 0. The molecule has 1 N–H and O–H groups in total. The van der Waals surface area contributed by atoms with Crippen LogP contribution in [0.2, 0.25) is 0 Å². The summed E-state index contributed by atoms with van der Waals surface area (Å²) < 4.78 is 0. The first-order valence-corrected chi connectivity index (χ1v) is 6.37. The number of hydrogen-bond acceptors (Lipinski definition) is 3. The van der Waals surface area contributed by atoms with Crippen molar-refractivity contribution in [2.45, 2.75) is 25.9 Å². The lowest BCUT2D eigenvalue weighted by Gasteiger charge is -2.57. The number of carbonyl (C=O) groups excluding carboxylic acids is 2. The van der Waals surface area contributed by atoms with Crippen molar-refractivity contribution in [3.8, 4) is 0 Å². The molecule has 1 aliphatic heterocycles. The second-order valence-electron chi connectivity index (χ2n) is 5.37. The van der Waals surface area contributed by atoms with E-state index < -0.39 is 0 Å². The molecule has 0 unspecified atom stereocenters. The molecule has 1 saturated carbocycles. The maximum atomic E-state index is 12.0. The van der Waals surface area contributed by atoms with Gasteiger partial charge in [-0.1, -0.05) is 6.58 Å². The van der Waals surface area contributed by atoms with E-state index in [0.717, 1.165) is 25.9 Å². The van der Waals surface area contributed by atoms with Crippen LogP contribution in [0.15, 0.2) is 12.7 Å². The van der Waals surface area contributed by atoms with E-state index in [9.17, 15) is 14.7 Å². The van der Waals surface area contributed by atoms with Gasteiger partial charge in [-0.25, -0.2) is 0 Å². The molecular weight excluding hydrogens is 232 g/mol. The van der Waals surface area contributed by atoms with Gasteiger partial charge in [0.25, 0.3) is 0 Å². The third-order valence-corrected chi connectivity index (χ3v) is 3.94. The highest BCUT2D eigenvalue weighted by Gasteiger charge is 2.53. The van der Waals surface area contributed by atoms with Crippen LogP contribution in [0.5, 0.6) is 0 Å². The van der Waals surface area contributed by atoms with E-state index in [-0.39, 0.29) is 29.9 Å². The number of nitrogens with zero attached hydrogens (tertiary/aromatic N) is 2. The van der Waals surface area contributed by atoms with E-state index in [1.807, 2.05) is 6.92 Å². The summed E-state index contributed by atoms with van der Waals surface area (Å²) in [5.41, 5.74) is 0.175. The molecule has 5 heteroatoms. The first-order chi connectivity index (χ1) is 8.49.